The summed E-state index contributed by atoms with van der Waals surface area (Å²) in [5, 5.41) is 3.23. The molecule has 3 heteroatoms. The summed E-state index contributed by atoms with van der Waals surface area (Å²) in [4.78, 5) is 12.1. The van der Waals surface area contributed by atoms with Gasteiger partial charge in [0.25, 0.3) is 0 Å². The quantitative estimate of drug-likeness (QED) is 0.594. The summed E-state index contributed by atoms with van der Waals surface area (Å²) in [6.45, 7) is 4.58. The molecule has 1 rings (SSSR count). The van der Waals surface area contributed by atoms with Gasteiger partial charge in [0.05, 0.1) is 6.61 Å². The second kappa shape index (κ2) is 7.00. The maximum absolute atomic E-state index is 12.1. The van der Waals surface area contributed by atoms with Gasteiger partial charge in [-0.1, -0.05) is 32.6 Å². The number of nitrogens with one attached hydrogen (secondary N) is 1. The highest BCUT2D eigenvalue weighted by atomic mass is 16.5. The van der Waals surface area contributed by atoms with E-state index < -0.39 is 5.54 Å². The van der Waals surface area contributed by atoms with Crippen LogP contribution in [-0.4, -0.2) is 25.2 Å². The van der Waals surface area contributed by atoms with Crippen molar-refractivity contribution in [3.63, 3.8) is 0 Å². The molecule has 3 nitrogen and oxygen atoms in total. The maximum Gasteiger partial charge on any atom is 0.326 e. The van der Waals surface area contributed by atoms with E-state index in [1.54, 1.807) is 0 Å². The standard InChI is InChI=1S/C14H27NO2/c1-4-7-12-8-6-10-14(15-3,11-9-12)13(16)17-5-2/h12,15H,4-11H2,1-3H3. The summed E-state index contributed by atoms with van der Waals surface area (Å²) in [7, 11) is 1.89. The van der Waals surface area contributed by atoms with E-state index >= 15 is 0 Å². The Bertz CT molecular complexity index is 242. The molecule has 1 aliphatic rings. The van der Waals surface area contributed by atoms with Crippen molar-refractivity contribution < 1.29 is 9.53 Å². The second-order valence-electron chi connectivity index (χ2n) is 5.14. The van der Waals surface area contributed by atoms with Gasteiger partial charge in [0.2, 0.25) is 0 Å². The van der Waals surface area contributed by atoms with Gasteiger partial charge in [0.1, 0.15) is 5.54 Å². The molecule has 0 aliphatic heterocycles. The number of hydrogen-bond acceptors (Lipinski definition) is 3. The van der Waals surface area contributed by atoms with E-state index in [0.29, 0.717) is 6.61 Å². The molecule has 1 saturated carbocycles. The zero-order valence-electron chi connectivity index (χ0n) is 11.6. The summed E-state index contributed by atoms with van der Waals surface area (Å²) >= 11 is 0. The Balaban J connectivity index is 2.64. The van der Waals surface area contributed by atoms with Crippen LogP contribution >= 0.6 is 0 Å². The van der Waals surface area contributed by atoms with Crippen molar-refractivity contribution in [3.05, 3.63) is 0 Å². The molecule has 1 fully saturated rings. The highest BCUT2D eigenvalue weighted by Crippen LogP contribution is 2.33. The van der Waals surface area contributed by atoms with Crippen LogP contribution in [0.4, 0.5) is 0 Å². The molecule has 0 saturated heterocycles. The fourth-order valence-electron chi connectivity index (χ4n) is 2.93. The lowest BCUT2D eigenvalue weighted by atomic mass is 9.89. The van der Waals surface area contributed by atoms with Gasteiger partial charge in [-0.15, -0.1) is 0 Å². The highest BCUT2D eigenvalue weighted by molar-refractivity contribution is 5.80. The number of carbonyl (C=O) groups excluding carboxylic acids is 1. The number of esters is 1. The molecule has 0 amide bonds. The Morgan fingerprint density at radius 2 is 2.12 bits per heavy atom. The van der Waals surface area contributed by atoms with Crippen molar-refractivity contribution in [2.75, 3.05) is 13.7 Å². The third-order valence-electron chi connectivity index (χ3n) is 4.04. The maximum atomic E-state index is 12.1. The molecule has 0 bridgehead atoms. The smallest absolute Gasteiger partial charge is 0.326 e. The first-order valence-corrected chi connectivity index (χ1v) is 7.04. The van der Waals surface area contributed by atoms with Crippen molar-refractivity contribution in [1.82, 2.24) is 5.32 Å². The fourth-order valence-corrected chi connectivity index (χ4v) is 2.93. The molecule has 0 spiro atoms. The van der Waals surface area contributed by atoms with Gasteiger partial charge < -0.3 is 10.1 Å². The molecule has 0 aromatic carbocycles. The summed E-state index contributed by atoms with van der Waals surface area (Å²) in [6.07, 6.45) is 7.92. The first-order chi connectivity index (χ1) is 8.18. The van der Waals surface area contributed by atoms with Gasteiger partial charge in [0, 0.05) is 0 Å². The number of ether oxygens (including phenoxy) is 1. The molecule has 100 valence electrons. The van der Waals surface area contributed by atoms with Gasteiger partial charge in [-0.05, 0) is 39.2 Å². The van der Waals surface area contributed by atoms with E-state index in [0.717, 1.165) is 31.6 Å². The van der Waals surface area contributed by atoms with Gasteiger partial charge in [-0.3, -0.25) is 4.79 Å². The number of likely N-dealkylation sites (N-methyl/N-ethyl adjacent to an activating group) is 1. The Hall–Kier alpha value is -0.570. The average molecular weight is 241 g/mol. The van der Waals surface area contributed by atoms with E-state index in [9.17, 15) is 4.79 Å². The number of carbonyl (C=O) groups is 1. The van der Waals surface area contributed by atoms with Crippen LogP contribution in [-0.2, 0) is 9.53 Å². The van der Waals surface area contributed by atoms with Crippen molar-refractivity contribution in [2.24, 2.45) is 5.92 Å². The highest BCUT2D eigenvalue weighted by Gasteiger charge is 2.39. The average Bonchev–Trinajstić information content (AvgIpc) is 2.53. The van der Waals surface area contributed by atoms with Crippen molar-refractivity contribution in [3.8, 4) is 0 Å². The molecule has 2 unspecified atom stereocenters. The van der Waals surface area contributed by atoms with Crippen LogP contribution in [0.5, 0.6) is 0 Å². The van der Waals surface area contributed by atoms with Gasteiger partial charge >= 0.3 is 5.97 Å². The lowest BCUT2D eigenvalue weighted by Gasteiger charge is -2.29. The SMILES string of the molecule is CCCC1CCCC(NC)(C(=O)OCC)CC1. The van der Waals surface area contributed by atoms with E-state index in [1.165, 1.54) is 19.3 Å². The van der Waals surface area contributed by atoms with Crippen LogP contribution in [0.3, 0.4) is 0 Å². The fraction of sp³-hybridized carbons (Fsp3) is 0.929. The molecular formula is C14H27NO2. The molecule has 0 aromatic rings. The van der Waals surface area contributed by atoms with Crippen LogP contribution in [0.15, 0.2) is 0 Å². The van der Waals surface area contributed by atoms with Gasteiger partial charge in [0.15, 0.2) is 0 Å². The van der Waals surface area contributed by atoms with Crippen LogP contribution in [0.2, 0.25) is 0 Å². The normalized spacial score (nSPS) is 29.7. The molecule has 1 aliphatic carbocycles. The molecule has 2 atom stereocenters. The molecule has 1 N–H and O–H groups in total. The van der Waals surface area contributed by atoms with Crippen molar-refractivity contribution >= 4 is 5.97 Å². The minimum atomic E-state index is -0.418. The molecule has 0 radical (unpaired) electrons. The summed E-state index contributed by atoms with van der Waals surface area (Å²) in [5.74, 6) is 0.740. The molecular weight excluding hydrogens is 214 g/mol. The first kappa shape index (κ1) is 14.5. The topological polar surface area (TPSA) is 38.3 Å². The van der Waals surface area contributed by atoms with Gasteiger partial charge in [-0.2, -0.15) is 0 Å². The van der Waals surface area contributed by atoms with Crippen LogP contribution < -0.4 is 5.32 Å². The molecule has 0 aromatic heterocycles. The minimum absolute atomic E-state index is 0.0559. The zero-order chi connectivity index (χ0) is 12.7. The Morgan fingerprint density at radius 1 is 1.35 bits per heavy atom. The van der Waals surface area contributed by atoms with Crippen LogP contribution in [0.25, 0.3) is 0 Å². The number of hydrogen-bond donors (Lipinski definition) is 1. The lowest BCUT2D eigenvalue weighted by Crippen LogP contribution is -2.51. The second-order valence-corrected chi connectivity index (χ2v) is 5.14. The van der Waals surface area contributed by atoms with E-state index in [1.807, 2.05) is 14.0 Å². The van der Waals surface area contributed by atoms with E-state index in [2.05, 4.69) is 12.2 Å². The first-order valence-electron chi connectivity index (χ1n) is 7.04. The predicted molar refractivity (Wildman–Crippen MR) is 69.9 cm³/mol. The lowest BCUT2D eigenvalue weighted by molar-refractivity contribution is -0.151. The van der Waals surface area contributed by atoms with E-state index in [-0.39, 0.29) is 5.97 Å². The van der Waals surface area contributed by atoms with Crippen molar-refractivity contribution in [1.29, 1.82) is 0 Å². The van der Waals surface area contributed by atoms with Crippen molar-refractivity contribution in [2.45, 2.75) is 64.3 Å². The Kier molecular flexibility index (Phi) is 5.96. The van der Waals surface area contributed by atoms with Crippen LogP contribution in [0.1, 0.15) is 58.8 Å². The zero-order valence-corrected chi connectivity index (χ0v) is 11.6. The summed E-state index contributed by atoms with van der Waals surface area (Å²) < 4.78 is 5.22. The van der Waals surface area contributed by atoms with Gasteiger partial charge in [-0.25, -0.2) is 0 Å². The predicted octanol–water partition coefficient (Wildman–Crippen LogP) is 2.89. The summed E-state index contributed by atoms with van der Waals surface area (Å²) in [6, 6.07) is 0. The largest absolute Gasteiger partial charge is 0.465 e. The third kappa shape index (κ3) is 3.70. The molecule has 0 heterocycles. The molecule has 17 heavy (non-hydrogen) atoms. The Morgan fingerprint density at radius 3 is 2.71 bits per heavy atom. The van der Waals surface area contributed by atoms with E-state index in [4.69, 9.17) is 4.74 Å². The number of rotatable bonds is 5. The Labute approximate surface area is 105 Å². The van der Waals surface area contributed by atoms with Crippen LogP contribution in [0, 0.1) is 5.92 Å². The summed E-state index contributed by atoms with van der Waals surface area (Å²) in [5.41, 5.74) is -0.418. The monoisotopic (exact) mass is 241 g/mol. The minimum Gasteiger partial charge on any atom is -0.465 e. The third-order valence-corrected chi connectivity index (χ3v) is 4.04.